The average molecular weight is 369 g/mol. The fourth-order valence-corrected chi connectivity index (χ4v) is 4.27. The Morgan fingerprint density at radius 2 is 1.78 bits per heavy atom. The quantitative estimate of drug-likeness (QED) is 0.810. The molecule has 0 saturated carbocycles. The van der Waals surface area contributed by atoms with Crippen molar-refractivity contribution < 1.29 is 9.21 Å². The number of carbonyl (C=O) groups is 1. The Balaban J connectivity index is 1.52. The third kappa shape index (κ3) is 3.68. The number of oxazole rings is 1. The van der Waals surface area contributed by atoms with Gasteiger partial charge in [-0.3, -0.25) is 4.79 Å². The maximum atomic E-state index is 12.9. The Morgan fingerprint density at radius 1 is 1.11 bits per heavy atom. The molecule has 4 heterocycles. The van der Waals surface area contributed by atoms with Crippen LogP contribution < -0.4 is 4.90 Å². The molecular formula is C20H27N5O2. The molecule has 0 N–H and O–H groups in total. The normalized spacial score (nSPS) is 22.7. The molecule has 7 heteroatoms. The van der Waals surface area contributed by atoms with E-state index >= 15 is 0 Å². The number of amides is 1. The monoisotopic (exact) mass is 369 g/mol. The predicted molar refractivity (Wildman–Crippen MR) is 102 cm³/mol. The summed E-state index contributed by atoms with van der Waals surface area (Å²) >= 11 is 0. The number of anilines is 1. The van der Waals surface area contributed by atoms with Gasteiger partial charge in [0.15, 0.2) is 0 Å². The highest BCUT2D eigenvalue weighted by molar-refractivity contribution is 5.89. The van der Waals surface area contributed by atoms with Gasteiger partial charge >= 0.3 is 5.91 Å². The first-order valence-electron chi connectivity index (χ1n) is 9.74. The van der Waals surface area contributed by atoms with Crippen LogP contribution in [0.1, 0.15) is 53.8 Å². The Kier molecular flexibility index (Phi) is 4.61. The molecule has 0 bridgehead atoms. The minimum absolute atomic E-state index is 0.0861. The van der Waals surface area contributed by atoms with Crippen LogP contribution >= 0.6 is 0 Å². The third-order valence-electron chi connectivity index (χ3n) is 5.32. The van der Waals surface area contributed by atoms with Crippen LogP contribution in [-0.2, 0) is 13.0 Å². The van der Waals surface area contributed by atoms with Gasteiger partial charge in [-0.25, -0.2) is 15.0 Å². The number of hydrogen-bond acceptors (Lipinski definition) is 6. The Labute approximate surface area is 159 Å². The Morgan fingerprint density at radius 3 is 2.44 bits per heavy atom. The number of likely N-dealkylation sites (tertiary alicyclic amines) is 1. The van der Waals surface area contributed by atoms with Crippen molar-refractivity contribution in [1.82, 2.24) is 19.9 Å². The van der Waals surface area contributed by atoms with E-state index in [4.69, 9.17) is 4.42 Å². The van der Waals surface area contributed by atoms with Crippen molar-refractivity contribution in [3.05, 3.63) is 34.8 Å². The largest absolute Gasteiger partial charge is 0.437 e. The van der Waals surface area contributed by atoms with Gasteiger partial charge in [0.2, 0.25) is 5.95 Å². The molecule has 1 fully saturated rings. The molecule has 0 unspecified atom stereocenters. The molecule has 7 nitrogen and oxygen atoms in total. The number of hydrogen-bond donors (Lipinski definition) is 0. The second kappa shape index (κ2) is 6.94. The van der Waals surface area contributed by atoms with E-state index in [9.17, 15) is 4.79 Å². The first-order valence-corrected chi connectivity index (χ1v) is 9.74. The molecule has 2 aliphatic rings. The molecule has 0 aromatic carbocycles. The molecule has 2 aromatic rings. The molecule has 2 aromatic heterocycles. The van der Waals surface area contributed by atoms with Crippen LogP contribution in [0.25, 0.3) is 0 Å². The van der Waals surface area contributed by atoms with E-state index in [0.717, 1.165) is 48.9 Å². The lowest BCUT2D eigenvalue weighted by Gasteiger charge is -2.34. The molecule has 4 rings (SSSR count). The fourth-order valence-electron chi connectivity index (χ4n) is 4.27. The summed E-state index contributed by atoms with van der Waals surface area (Å²) in [5.74, 6) is 2.70. The maximum absolute atomic E-state index is 12.9. The first kappa shape index (κ1) is 17.9. The van der Waals surface area contributed by atoms with E-state index in [1.807, 2.05) is 24.8 Å². The molecule has 0 aliphatic carbocycles. The lowest BCUT2D eigenvalue weighted by molar-refractivity contribution is 0.0581. The molecule has 144 valence electrons. The van der Waals surface area contributed by atoms with Gasteiger partial charge in [0, 0.05) is 37.4 Å². The second-order valence-electron chi connectivity index (χ2n) is 8.17. The number of nitrogens with zero attached hydrogens (tertiary/aromatic N) is 5. The van der Waals surface area contributed by atoms with E-state index in [1.54, 1.807) is 0 Å². The summed E-state index contributed by atoms with van der Waals surface area (Å²) in [4.78, 5) is 30.5. The number of aromatic nitrogens is 3. The van der Waals surface area contributed by atoms with Crippen molar-refractivity contribution in [3.63, 3.8) is 0 Å². The molecular weight excluding hydrogens is 342 g/mol. The molecule has 0 spiro atoms. The predicted octanol–water partition coefficient (Wildman–Crippen LogP) is 2.76. The zero-order chi connectivity index (χ0) is 19.1. The summed E-state index contributed by atoms with van der Waals surface area (Å²) in [5.41, 5.74) is 2.73. The molecule has 2 atom stereocenters. The smallest absolute Gasteiger partial charge is 0.309 e. The zero-order valence-electron chi connectivity index (χ0n) is 16.5. The minimum atomic E-state index is -0.0861. The first-order chi connectivity index (χ1) is 12.9. The van der Waals surface area contributed by atoms with Crippen molar-refractivity contribution in [3.8, 4) is 0 Å². The van der Waals surface area contributed by atoms with Gasteiger partial charge in [-0.15, -0.1) is 0 Å². The van der Waals surface area contributed by atoms with Crippen molar-refractivity contribution >= 4 is 11.9 Å². The van der Waals surface area contributed by atoms with E-state index in [-0.39, 0.29) is 11.8 Å². The summed E-state index contributed by atoms with van der Waals surface area (Å²) in [6, 6.07) is 1.96. The van der Waals surface area contributed by atoms with Crippen LogP contribution in [-0.4, -0.2) is 45.4 Å². The van der Waals surface area contributed by atoms with Gasteiger partial charge in [-0.1, -0.05) is 13.8 Å². The number of fused-ring (bicyclic) bond motifs is 1. The second-order valence-corrected chi connectivity index (χ2v) is 8.17. The Hall–Kier alpha value is -2.44. The van der Waals surface area contributed by atoms with Crippen LogP contribution in [0.3, 0.4) is 0 Å². The van der Waals surface area contributed by atoms with Crippen LogP contribution in [0.15, 0.2) is 10.5 Å². The molecule has 27 heavy (non-hydrogen) atoms. The van der Waals surface area contributed by atoms with E-state index in [0.29, 0.717) is 30.7 Å². The lowest BCUT2D eigenvalue weighted by Crippen LogP contribution is -2.42. The van der Waals surface area contributed by atoms with Crippen molar-refractivity contribution in [1.29, 1.82) is 0 Å². The highest BCUT2D eigenvalue weighted by Crippen LogP contribution is 2.26. The van der Waals surface area contributed by atoms with Crippen LogP contribution in [0.2, 0.25) is 0 Å². The van der Waals surface area contributed by atoms with Gasteiger partial charge in [0.1, 0.15) is 11.5 Å². The number of aryl methyl sites for hydroxylation is 2. The minimum Gasteiger partial charge on any atom is -0.437 e. The number of piperidine rings is 1. The van der Waals surface area contributed by atoms with Gasteiger partial charge in [-0.05, 0) is 38.2 Å². The summed E-state index contributed by atoms with van der Waals surface area (Å²) in [7, 11) is 0. The van der Waals surface area contributed by atoms with Crippen LogP contribution in [0, 0.1) is 25.7 Å². The Bertz CT molecular complexity index is 832. The fraction of sp³-hybridized carbons (Fsp3) is 0.600. The van der Waals surface area contributed by atoms with Gasteiger partial charge < -0.3 is 14.2 Å². The number of carbonyl (C=O) groups excluding carboxylic acids is 1. The van der Waals surface area contributed by atoms with E-state index in [2.05, 4.69) is 33.7 Å². The van der Waals surface area contributed by atoms with Gasteiger partial charge in [-0.2, -0.15) is 0 Å². The topological polar surface area (TPSA) is 75.4 Å². The van der Waals surface area contributed by atoms with Gasteiger partial charge in [0.05, 0.1) is 6.54 Å². The third-order valence-corrected chi connectivity index (χ3v) is 5.32. The molecule has 1 saturated heterocycles. The maximum Gasteiger partial charge on any atom is 0.309 e. The summed E-state index contributed by atoms with van der Waals surface area (Å²) in [6.45, 7) is 11.2. The highest BCUT2D eigenvalue weighted by Gasteiger charge is 2.31. The molecule has 1 amide bonds. The summed E-state index contributed by atoms with van der Waals surface area (Å²) in [5, 5.41) is 0. The zero-order valence-corrected chi connectivity index (χ0v) is 16.5. The van der Waals surface area contributed by atoms with Crippen LogP contribution in [0.5, 0.6) is 0 Å². The van der Waals surface area contributed by atoms with Crippen molar-refractivity contribution in [2.75, 3.05) is 24.5 Å². The highest BCUT2D eigenvalue weighted by atomic mass is 16.4. The standard InChI is InChI=1S/C20H27N5O2/c1-12-7-13(2)10-25(9-12)19(26)18-23-16-11-24(6-5-17(16)27-18)20-21-14(3)8-15(4)22-20/h8,12-13H,5-7,9-11H2,1-4H3/t12-,13+. The van der Waals surface area contributed by atoms with E-state index in [1.165, 1.54) is 0 Å². The number of rotatable bonds is 2. The van der Waals surface area contributed by atoms with Crippen LogP contribution in [0.4, 0.5) is 5.95 Å². The lowest BCUT2D eigenvalue weighted by atomic mass is 9.92. The van der Waals surface area contributed by atoms with Gasteiger partial charge in [0.25, 0.3) is 5.89 Å². The van der Waals surface area contributed by atoms with Crippen molar-refractivity contribution in [2.45, 2.75) is 47.1 Å². The summed E-state index contributed by atoms with van der Waals surface area (Å²) in [6.07, 6.45) is 1.87. The van der Waals surface area contributed by atoms with Crippen molar-refractivity contribution in [2.24, 2.45) is 11.8 Å². The SMILES string of the molecule is Cc1cc(C)nc(N2CCc3oc(C(=O)N4C[C@H](C)C[C@H](C)C4)nc3C2)n1. The summed E-state index contributed by atoms with van der Waals surface area (Å²) < 4.78 is 5.85. The van der Waals surface area contributed by atoms with E-state index < -0.39 is 0 Å². The average Bonchev–Trinajstić information content (AvgIpc) is 3.02. The molecule has 0 radical (unpaired) electrons. The molecule has 2 aliphatic heterocycles.